The Bertz CT molecular complexity index is 189. The van der Waals surface area contributed by atoms with Crippen molar-refractivity contribution in [2.45, 2.75) is 46.7 Å². The summed E-state index contributed by atoms with van der Waals surface area (Å²) >= 11 is 0. The van der Waals surface area contributed by atoms with Crippen molar-refractivity contribution in [1.29, 1.82) is 0 Å². The van der Waals surface area contributed by atoms with Gasteiger partial charge in [-0.2, -0.15) is 5.10 Å². The highest BCUT2D eigenvalue weighted by Gasteiger charge is 2.28. The lowest BCUT2D eigenvalue weighted by Gasteiger charge is -2.32. The first kappa shape index (κ1) is 11.3. The van der Waals surface area contributed by atoms with Gasteiger partial charge in [0, 0.05) is 13.1 Å². The van der Waals surface area contributed by atoms with E-state index in [0.29, 0.717) is 12.1 Å². The van der Waals surface area contributed by atoms with Crippen molar-refractivity contribution in [3.63, 3.8) is 0 Å². The summed E-state index contributed by atoms with van der Waals surface area (Å²) in [6.07, 6.45) is 4.94. The maximum atomic E-state index is 4.46. The highest BCUT2D eigenvalue weighted by Crippen LogP contribution is 2.20. The van der Waals surface area contributed by atoms with Gasteiger partial charge < -0.3 is 4.90 Å². The van der Waals surface area contributed by atoms with Crippen LogP contribution in [0.5, 0.6) is 0 Å². The van der Waals surface area contributed by atoms with Crippen LogP contribution in [0.15, 0.2) is 5.10 Å². The highest BCUT2D eigenvalue weighted by atomic mass is 15.6. The van der Waals surface area contributed by atoms with E-state index in [1.165, 1.54) is 12.8 Å². The Hall–Kier alpha value is -0.730. The maximum Gasteiger partial charge on any atom is 0.121 e. The van der Waals surface area contributed by atoms with E-state index in [4.69, 9.17) is 0 Å². The molecule has 0 aromatic heterocycles. The first-order valence-electron chi connectivity index (χ1n) is 5.77. The lowest BCUT2D eigenvalue weighted by atomic mass is 10.1. The van der Waals surface area contributed by atoms with E-state index in [9.17, 15) is 0 Å². The lowest BCUT2D eigenvalue weighted by molar-refractivity contribution is 0.0908. The van der Waals surface area contributed by atoms with Crippen molar-refractivity contribution in [2.24, 2.45) is 11.0 Å². The first-order chi connectivity index (χ1) is 6.70. The van der Waals surface area contributed by atoms with Crippen LogP contribution in [0.4, 0.5) is 0 Å². The van der Waals surface area contributed by atoms with E-state index in [-0.39, 0.29) is 0 Å². The predicted molar refractivity (Wildman–Crippen MR) is 61.1 cm³/mol. The molecule has 0 fully saturated rings. The molecule has 0 spiro atoms. The van der Waals surface area contributed by atoms with Crippen molar-refractivity contribution in [3.05, 3.63) is 0 Å². The molecule has 1 heterocycles. The molecule has 0 saturated carbocycles. The summed E-state index contributed by atoms with van der Waals surface area (Å²) in [5.41, 5.74) is 0. The van der Waals surface area contributed by atoms with Gasteiger partial charge in [-0.1, -0.05) is 27.2 Å². The molecular formula is C11H23N3. The normalized spacial score (nSPS) is 21.4. The summed E-state index contributed by atoms with van der Waals surface area (Å²) in [4.78, 5) is 2.32. The van der Waals surface area contributed by atoms with Gasteiger partial charge in [-0.15, -0.1) is 0 Å². The summed E-state index contributed by atoms with van der Waals surface area (Å²) < 4.78 is 0. The van der Waals surface area contributed by atoms with Crippen LogP contribution < -0.4 is 0 Å². The molecule has 0 bridgehead atoms. The fourth-order valence-electron chi connectivity index (χ4n) is 1.95. The van der Waals surface area contributed by atoms with Crippen molar-refractivity contribution in [2.75, 3.05) is 13.1 Å². The van der Waals surface area contributed by atoms with Crippen LogP contribution in [0.25, 0.3) is 0 Å². The number of rotatable bonds is 5. The average Bonchev–Trinajstić information content (AvgIpc) is 2.57. The van der Waals surface area contributed by atoms with Crippen molar-refractivity contribution < 1.29 is 0 Å². The molecule has 0 aliphatic carbocycles. The third-order valence-corrected chi connectivity index (χ3v) is 2.70. The van der Waals surface area contributed by atoms with Crippen LogP contribution in [0.2, 0.25) is 0 Å². The molecule has 0 N–H and O–H groups in total. The second kappa shape index (κ2) is 5.23. The number of hydrogen-bond donors (Lipinski definition) is 0. The smallest absolute Gasteiger partial charge is 0.121 e. The molecule has 3 heteroatoms. The summed E-state index contributed by atoms with van der Waals surface area (Å²) in [6.45, 7) is 11.1. The lowest BCUT2D eigenvalue weighted by Crippen LogP contribution is -2.43. The predicted octanol–water partition coefficient (Wildman–Crippen LogP) is 2.35. The molecule has 0 radical (unpaired) electrons. The van der Waals surface area contributed by atoms with Crippen molar-refractivity contribution in [3.8, 4) is 0 Å². The third kappa shape index (κ3) is 2.40. The number of nitrogens with zero attached hydrogens (tertiary/aromatic N) is 3. The van der Waals surface area contributed by atoms with Crippen LogP contribution in [0.3, 0.4) is 0 Å². The van der Waals surface area contributed by atoms with E-state index in [0.717, 1.165) is 13.1 Å². The molecule has 0 aromatic carbocycles. The van der Waals surface area contributed by atoms with E-state index in [1.807, 2.05) is 6.34 Å². The maximum absolute atomic E-state index is 4.46. The molecule has 3 nitrogen and oxygen atoms in total. The molecule has 0 saturated heterocycles. The fraction of sp³-hybridized carbons (Fsp3) is 0.909. The fourth-order valence-corrected chi connectivity index (χ4v) is 1.95. The molecule has 1 rings (SSSR count). The van der Waals surface area contributed by atoms with Gasteiger partial charge in [0.1, 0.15) is 12.5 Å². The Balaban J connectivity index is 2.54. The van der Waals surface area contributed by atoms with Gasteiger partial charge in [-0.3, -0.25) is 5.01 Å². The van der Waals surface area contributed by atoms with Crippen molar-refractivity contribution in [1.82, 2.24) is 9.91 Å². The molecule has 1 aliphatic heterocycles. The molecular weight excluding hydrogens is 174 g/mol. The van der Waals surface area contributed by atoms with E-state index in [1.54, 1.807) is 0 Å². The van der Waals surface area contributed by atoms with E-state index >= 15 is 0 Å². The molecule has 1 atom stereocenters. The van der Waals surface area contributed by atoms with Gasteiger partial charge in [0.15, 0.2) is 0 Å². The minimum absolute atomic E-state index is 0.478. The topological polar surface area (TPSA) is 18.8 Å². The number of hydrazone groups is 1. The van der Waals surface area contributed by atoms with E-state index < -0.39 is 0 Å². The van der Waals surface area contributed by atoms with Crippen LogP contribution in [-0.4, -0.2) is 35.5 Å². The molecule has 0 aromatic rings. The standard InChI is InChI=1S/C11H23N3/c1-5-7-8-14-11(10(3)4)13(6-2)9-12-14/h9-11H,5-8H2,1-4H3. The SMILES string of the molecule is CCCCN1N=CN(CC)C1C(C)C. The van der Waals surface area contributed by atoms with Gasteiger partial charge in [0.2, 0.25) is 0 Å². The molecule has 1 aliphatic rings. The zero-order valence-electron chi connectivity index (χ0n) is 9.90. The second-order valence-electron chi connectivity index (χ2n) is 4.24. The Kier molecular flexibility index (Phi) is 4.23. The second-order valence-corrected chi connectivity index (χ2v) is 4.24. The Morgan fingerprint density at radius 2 is 2.07 bits per heavy atom. The van der Waals surface area contributed by atoms with Gasteiger partial charge in [-0.05, 0) is 19.3 Å². The molecule has 14 heavy (non-hydrogen) atoms. The van der Waals surface area contributed by atoms with Crippen LogP contribution in [0, 0.1) is 5.92 Å². The summed E-state index contributed by atoms with van der Waals surface area (Å²) in [7, 11) is 0. The summed E-state index contributed by atoms with van der Waals surface area (Å²) in [5, 5.41) is 6.70. The Labute approximate surface area is 87.8 Å². The van der Waals surface area contributed by atoms with Gasteiger partial charge >= 0.3 is 0 Å². The zero-order valence-corrected chi connectivity index (χ0v) is 9.90. The van der Waals surface area contributed by atoms with Crippen LogP contribution >= 0.6 is 0 Å². The number of hydrogen-bond acceptors (Lipinski definition) is 3. The zero-order chi connectivity index (χ0) is 10.6. The largest absolute Gasteiger partial charge is 0.339 e. The van der Waals surface area contributed by atoms with Crippen molar-refractivity contribution >= 4 is 6.34 Å². The quantitative estimate of drug-likeness (QED) is 0.673. The molecule has 1 unspecified atom stereocenters. The van der Waals surface area contributed by atoms with Gasteiger partial charge in [-0.25, -0.2) is 0 Å². The first-order valence-corrected chi connectivity index (χ1v) is 5.77. The Morgan fingerprint density at radius 3 is 2.57 bits per heavy atom. The monoisotopic (exact) mass is 197 g/mol. The highest BCUT2D eigenvalue weighted by molar-refractivity contribution is 5.57. The average molecular weight is 197 g/mol. The van der Waals surface area contributed by atoms with Gasteiger partial charge in [0.05, 0.1) is 0 Å². The number of unbranched alkanes of at least 4 members (excludes halogenated alkanes) is 1. The third-order valence-electron chi connectivity index (χ3n) is 2.70. The van der Waals surface area contributed by atoms with Crippen LogP contribution in [-0.2, 0) is 0 Å². The molecule has 0 amide bonds. The molecule has 82 valence electrons. The van der Waals surface area contributed by atoms with Crippen LogP contribution in [0.1, 0.15) is 40.5 Å². The van der Waals surface area contributed by atoms with E-state index in [2.05, 4.69) is 42.7 Å². The van der Waals surface area contributed by atoms with Gasteiger partial charge in [0.25, 0.3) is 0 Å². The summed E-state index contributed by atoms with van der Waals surface area (Å²) in [5.74, 6) is 0.634. The Morgan fingerprint density at radius 1 is 1.36 bits per heavy atom. The summed E-state index contributed by atoms with van der Waals surface area (Å²) in [6, 6.07) is 0. The minimum Gasteiger partial charge on any atom is -0.339 e. The minimum atomic E-state index is 0.478.